The van der Waals surface area contributed by atoms with E-state index in [9.17, 15) is 0 Å². The molecule has 0 aromatic carbocycles. The number of anilines is 2. The predicted molar refractivity (Wildman–Crippen MR) is 75.3 cm³/mol. The van der Waals surface area contributed by atoms with Gasteiger partial charge in [-0.25, -0.2) is 0 Å². The summed E-state index contributed by atoms with van der Waals surface area (Å²) in [6.45, 7) is 2.17. The summed E-state index contributed by atoms with van der Waals surface area (Å²) in [7, 11) is 1.61. The van der Waals surface area contributed by atoms with Gasteiger partial charge in [0.15, 0.2) is 0 Å². The first kappa shape index (κ1) is 12.5. The van der Waals surface area contributed by atoms with E-state index in [0.717, 1.165) is 30.7 Å². The fraction of sp³-hybridized carbons (Fsp3) is 0.714. The molecule has 2 fully saturated rings. The molecular weight excluding hydrogens is 240 g/mol. The second-order valence-electron chi connectivity index (χ2n) is 5.67. The quantitative estimate of drug-likeness (QED) is 0.884. The van der Waals surface area contributed by atoms with Crippen LogP contribution in [0.4, 0.5) is 11.8 Å². The molecule has 5 nitrogen and oxygen atoms in total. The molecule has 3 rings (SSSR count). The Bertz CT molecular complexity index is 451. The van der Waals surface area contributed by atoms with E-state index in [1.54, 1.807) is 7.11 Å². The van der Waals surface area contributed by atoms with Crippen LogP contribution < -0.4 is 15.4 Å². The Morgan fingerprint density at radius 3 is 2.79 bits per heavy atom. The van der Waals surface area contributed by atoms with Crippen LogP contribution in [0.25, 0.3) is 0 Å². The van der Waals surface area contributed by atoms with Crippen LogP contribution in [0, 0.1) is 11.8 Å². The third-order valence-corrected chi connectivity index (χ3v) is 4.53. The van der Waals surface area contributed by atoms with Gasteiger partial charge in [0.05, 0.1) is 7.11 Å². The van der Waals surface area contributed by atoms with Crippen LogP contribution in [-0.2, 0) is 0 Å². The smallest absolute Gasteiger partial charge is 0.225 e. The van der Waals surface area contributed by atoms with Crippen LogP contribution in [0.3, 0.4) is 0 Å². The number of nitrogens with zero attached hydrogens (tertiary/aromatic N) is 3. The summed E-state index contributed by atoms with van der Waals surface area (Å²) < 4.78 is 5.18. The van der Waals surface area contributed by atoms with Gasteiger partial charge in [0.25, 0.3) is 0 Å². The molecule has 1 saturated heterocycles. The van der Waals surface area contributed by atoms with E-state index < -0.39 is 0 Å². The summed E-state index contributed by atoms with van der Waals surface area (Å²) in [6, 6.07) is 1.89. The van der Waals surface area contributed by atoms with Crippen molar-refractivity contribution in [2.45, 2.75) is 32.1 Å². The zero-order chi connectivity index (χ0) is 13.2. The van der Waals surface area contributed by atoms with E-state index in [1.807, 2.05) is 6.07 Å². The molecule has 1 aliphatic carbocycles. The third kappa shape index (κ3) is 2.60. The Labute approximate surface area is 114 Å². The number of rotatable bonds is 2. The van der Waals surface area contributed by atoms with Crippen molar-refractivity contribution in [3.05, 3.63) is 6.07 Å². The average molecular weight is 262 g/mol. The van der Waals surface area contributed by atoms with Crippen LogP contribution in [-0.4, -0.2) is 30.2 Å². The molecule has 1 aromatic heterocycles. The molecule has 0 amide bonds. The van der Waals surface area contributed by atoms with Crippen molar-refractivity contribution in [2.24, 2.45) is 11.8 Å². The third-order valence-electron chi connectivity index (χ3n) is 4.53. The molecule has 2 aliphatic rings. The van der Waals surface area contributed by atoms with Crippen LogP contribution in [0.2, 0.25) is 0 Å². The molecule has 1 aromatic rings. The first-order valence-corrected chi connectivity index (χ1v) is 7.20. The molecular formula is C14H22N4O. The molecule has 2 atom stereocenters. The van der Waals surface area contributed by atoms with E-state index in [0.29, 0.717) is 11.8 Å². The van der Waals surface area contributed by atoms with Crippen molar-refractivity contribution >= 4 is 11.8 Å². The molecule has 2 unspecified atom stereocenters. The molecule has 0 radical (unpaired) electrons. The number of hydrogen-bond donors (Lipinski definition) is 1. The zero-order valence-electron chi connectivity index (χ0n) is 11.5. The Kier molecular flexibility index (Phi) is 3.44. The number of piperidine rings is 1. The second-order valence-corrected chi connectivity index (χ2v) is 5.67. The summed E-state index contributed by atoms with van der Waals surface area (Å²) in [6.07, 6.45) is 6.84. The van der Waals surface area contributed by atoms with Crippen molar-refractivity contribution in [2.75, 3.05) is 30.8 Å². The second kappa shape index (κ2) is 5.23. The first-order valence-electron chi connectivity index (χ1n) is 7.20. The number of fused-ring (bicyclic) bond motifs is 1. The largest absolute Gasteiger partial charge is 0.481 e. The molecule has 1 aliphatic heterocycles. The van der Waals surface area contributed by atoms with Crippen LogP contribution >= 0.6 is 0 Å². The molecule has 0 spiro atoms. The van der Waals surface area contributed by atoms with Gasteiger partial charge in [0.2, 0.25) is 11.8 Å². The van der Waals surface area contributed by atoms with Crippen molar-refractivity contribution in [3.63, 3.8) is 0 Å². The SMILES string of the molecule is COc1cc(N2CCC3CCCCC3C2)nc(N)n1. The lowest BCUT2D eigenvalue weighted by molar-refractivity contribution is 0.202. The topological polar surface area (TPSA) is 64.3 Å². The highest BCUT2D eigenvalue weighted by Crippen LogP contribution is 2.37. The van der Waals surface area contributed by atoms with E-state index in [4.69, 9.17) is 10.5 Å². The van der Waals surface area contributed by atoms with Crippen molar-refractivity contribution in [1.82, 2.24) is 9.97 Å². The number of ether oxygens (including phenoxy) is 1. The molecule has 2 heterocycles. The van der Waals surface area contributed by atoms with Gasteiger partial charge < -0.3 is 15.4 Å². The fourth-order valence-corrected chi connectivity index (χ4v) is 3.51. The maximum atomic E-state index is 5.74. The van der Waals surface area contributed by atoms with E-state index >= 15 is 0 Å². The first-order chi connectivity index (χ1) is 9.26. The van der Waals surface area contributed by atoms with E-state index in [2.05, 4.69) is 14.9 Å². The number of methoxy groups -OCH3 is 1. The maximum absolute atomic E-state index is 5.74. The Hall–Kier alpha value is -1.52. The van der Waals surface area contributed by atoms with Gasteiger partial charge in [0.1, 0.15) is 5.82 Å². The Balaban J connectivity index is 1.77. The Morgan fingerprint density at radius 2 is 2.00 bits per heavy atom. The number of nitrogens with two attached hydrogens (primary N) is 1. The Morgan fingerprint density at radius 1 is 1.21 bits per heavy atom. The molecule has 1 saturated carbocycles. The summed E-state index contributed by atoms with van der Waals surface area (Å²) in [5, 5.41) is 0. The molecule has 2 N–H and O–H groups in total. The van der Waals surface area contributed by atoms with Crippen molar-refractivity contribution in [3.8, 4) is 5.88 Å². The van der Waals surface area contributed by atoms with Crippen LogP contribution in [0.5, 0.6) is 5.88 Å². The highest BCUT2D eigenvalue weighted by atomic mass is 16.5. The fourth-order valence-electron chi connectivity index (χ4n) is 3.51. The normalized spacial score (nSPS) is 26.9. The highest BCUT2D eigenvalue weighted by Gasteiger charge is 2.31. The van der Waals surface area contributed by atoms with E-state index in [1.165, 1.54) is 32.1 Å². The predicted octanol–water partition coefficient (Wildman–Crippen LogP) is 2.08. The molecule has 0 bridgehead atoms. The maximum Gasteiger partial charge on any atom is 0.225 e. The van der Waals surface area contributed by atoms with Crippen molar-refractivity contribution in [1.29, 1.82) is 0 Å². The van der Waals surface area contributed by atoms with Gasteiger partial charge in [-0.1, -0.05) is 19.3 Å². The van der Waals surface area contributed by atoms with Gasteiger partial charge >= 0.3 is 0 Å². The van der Waals surface area contributed by atoms with Gasteiger partial charge in [-0.2, -0.15) is 9.97 Å². The number of nitrogen functional groups attached to an aromatic ring is 1. The summed E-state index contributed by atoms with van der Waals surface area (Å²) in [5.41, 5.74) is 5.74. The lowest BCUT2D eigenvalue weighted by Crippen LogP contribution is -2.42. The highest BCUT2D eigenvalue weighted by molar-refractivity contribution is 5.46. The van der Waals surface area contributed by atoms with Crippen LogP contribution in [0.15, 0.2) is 6.07 Å². The van der Waals surface area contributed by atoms with Gasteiger partial charge in [-0.05, 0) is 24.7 Å². The summed E-state index contributed by atoms with van der Waals surface area (Å²) in [4.78, 5) is 10.7. The molecule has 104 valence electrons. The summed E-state index contributed by atoms with van der Waals surface area (Å²) >= 11 is 0. The van der Waals surface area contributed by atoms with Crippen molar-refractivity contribution < 1.29 is 4.74 Å². The number of aromatic nitrogens is 2. The monoisotopic (exact) mass is 262 g/mol. The average Bonchev–Trinajstić information content (AvgIpc) is 2.46. The van der Waals surface area contributed by atoms with Gasteiger partial charge in [0, 0.05) is 19.2 Å². The minimum Gasteiger partial charge on any atom is -0.481 e. The zero-order valence-corrected chi connectivity index (χ0v) is 11.5. The van der Waals surface area contributed by atoms with Gasteiger partial charge in [-0.15, -0.1) is 0 Å². The molecule has 19 heavy (non-hydrogen) atoms. The lowest BCUT2D eigenvalue weighted by atomic mass is 9.75. The number of hydrogen-bond acceptors (Lipinski definition) is 5. The minimum absolute atomic E-state index is 0.292. The molecule has 5 heteroatoms. The van der Waals surface area contributed by atoms with Crippen LogP contribution in [0.1, 0.15) is 32.1 Å². The van der Waals surface area contributed by atoms with E-state index in [-0.39, 0.29) is 0 Å². The minimum atomic E-state index is 0.292. The summed E-state index contributed by atoms with van der Waals surface area (Å²) in [5.74, 6) is 3.50. The van der Waals surface area contributed by atoms with Gasteiger partial charge in [-0.3, -0.25) is 0 Å². The standard InChI is InChI=1S/C14H22N4O/c1-19-13-8-12(16-14(15)17-13)18-7-6-10-4-2-3-5-11(10)9-18/h8,10-11H,2-7,9H2,1H3,(H2,15,16,17). The lowest BCUT2D eigenvalue weighted by Gasteiger charge is -2.41.